The van der Waals surface area contributed by atoms with Gasteiger partial charge in [-0.1, -0.05) is 20.8 Å². The molecular weight excluding hydrogens is 178 g/mol. The highest BCUT2D eigenvalue weighted by Gasteiger charge is 2.36. The molecule has 1 aliphatic heterocycles. The van der Waals surface area contributed by atoms with Crippen molar-refractivity contribution in [3.8, 4) is 0 Å². The van der Waals surface area contributed by atoms with E-state index in [1.807, 2.05) is 0 Å². The van der Waals surface area contributed by atoms with Crippen LogP contribution in [0.5, 0.6) is 0 Å². The molecular formula is C11H23NO2. The van der Waals surface area contributed by atoms with Crippen molar-refractivity contribution in [1.29, 1.82) is 0 Å². The van der Waals surface area contributed by atoms with Crippen molar-refractivity contribution >= 4 is 0 Å². The van der Waals surface area contributed by atoms with E-state index in [-0.39, 0.29) is 5.41 Å². The fourth-order valence-electron chi connectivity index (χ4n) is 1.90. The Morgan fingerprint density at radius 1 is 1.43 bits per heavy atom. The molecule has 0 unspecified atom stereocenters. The number of aliphatic hydroxyl groups is 2. The van der Waals surface area contributed by atoms with Gasteiger partial charge in [-0.25, -0.2) is 0 Å². The molecule has 0 bridgehead atoms. The largest absolute Gasteiger partial charge is 0.389 e. The molecule has 1 rings (SSSR count). The number of β-amino-alcohol motifs (C(OH)–C–C–N with tert-alkyl or cyclic N) is 1. The molecule has 0 aromatic rings. The second kappa shape index (κ2) is 3.80. The van der Waals surface area contributed by atoms with Gasteiger partial charge >= 0.3 is 0 Å². The molecule has 0 radical (unpaired) electrons. The molecule has 1 heterocycles. The lowest BCUT2D eigenvalue weighted by atomic mass is 9.88. The minimum absolute atomic E-state index is 0.253. The zero-order valence-electron chi connectivity index (χ0n) is 9.75. The molecule has 2 N–H and O–H groups in total. The van der Waals surface area contributed by atoms with E-state index in [4.69, 9.17) is 0 Å². The topological polar surface area (TPSA) is 43.7 Å². The second-order valence-electron chi connectivity index (χ2n) is 5.92. The van der Waals surface area contributed by atoms with Crippen molar-refractivity contribution in [3.63, 3.8) is 0 Å². The molecule has 0 aromatic carbocycles. The van der Waals surface area contributed by atoms with Gasteiger partial charge in [0.1, 0.15) is 0 Å². The Balaban J connectivity index is 2.47. The Kier molecular flexibility index (Phi) is 3.24. The molecule has 1 aliphatic rings. The van der Waals surface area contributed by atoms with Crippen molar-refractivity contribution in [2.75, 3.05) is 19.6 Å². The molecule has 0 saturated carbocycles. The summed E-state index contributed by atoms with van der Waals surface area (Å²) in [4.78, 5) is 2.22. The van der Waals surface area contributed by atoms with E-state index in [0.29, 0.717) is 13.0 Å². The monoisotopic (exact) mass is 201 g/mol. The fraction of sp³-hybridized carbons (Fsp3) is 1.00. The Morgan fingerprint density at radius 3 is 2.43 bits per heavy atom. The van der Waals surface area contributed by atoms with Crippen LogP contribution in [-0.2, 0) is 0 Å². The average Bonchev–Trinajstić information content (AvgIpc) is 1.95. The molecule has 1 fully saturated rings. The van der Waals surface area contributed by atoms with Crippen LogP contribution in [0.4, 0.5) is 0 Å². The van der Waals surface area contributed by atoms with E-state index in [1.54, 1.807) is 6.92 Å². The van der Waals surface area contributed by atoms with E-state index >= 15 is 0 Å². The van der Waals surface area contributed by atoms with Gasteiger partial charge in [-0.3, -0.25) is 0 Å². The van der Waals surface area contributed by atoms with E-state index in [2.05, 4.69) is 25.7 Å². The summed E-state index contributed by atoms with van der Waals surface area (Å²) >= 11 is 0. The van der Waals surface area contributed by atoms with Crippen molar-refractivity contribution in [2.45, 2.75) is 45.8 Å². The molecule has 1 saturated heterocycles. The third-order valence-corrected chi connectivity index (χ3v) is 2.78. The first-order valence-electron chi connectivity index (χ1n) is 5.33. The zero-order valence-corrected chi connectivity index (χ0v) is 9.75. The van der Waals surface area contributed by atoms with Crippen LogP contribution in [0, 0.1) is 5.41 Å². The van der Waals surface area contributed by atoms with Gasteiger partial charge in [0.2, 0.25) is 0 Å². The third kappa shape index (κ3) is 3.23. The predicted molar refractivity (Wildman–Crippen MR) is 57.1 cm³/mol. The predicted octanol–water partition coefficient (Wildman–Crippen LogP) is 0.850. The minimum atomic E-state index is -0.894. The first-order chi connectivity index (χ1) is 6.21. The Hall–Kier alpha value is -0.120. The van der Waals surface area contributed by atoms with Crippen LogP contribution in [0.3, 0.4) is 0 Å². The highest BCUT2D eigenvalue weighted by molar-refractivity contribution is 4.90. The molecule has 14 heavy (non-hydrogen) atoms. The van der Waals surface area contributed by atoms with Crippen LogP contribution >= 0.6 is 0 Å². The Labute approximate surface area is 86.7 Å². The maximum atomic E-state index is 9.78. The zero-order chi connectivity index (χ0) is 11.0. The molecule has 0 spiro atoms. The number of aliphatic hydroxyl groups excluding tert-OH is 1. The number of hydrogen-bond acceptors (Lipinski definition) is 3. The summed E-state index contributed by atoms with van der Waals surface area (Å²) in [5.74, 6) is 0. The normalized spacial score (nSPS) is 36.0. The lowest BCUT2D eigenvalue weighted by Gasteiger charge is -2.42. The van der Waals surface area contributed by atoms with Crippen molar-refractivity contribution in [3.05, 3.63) is 0 Å². The van der Waals surface area contributed by atoms with Gasteiger partial charge in [-0.05, 0) is 18.8 Å². The van der Waals surface area contributed by atoms with Gasteiger partial charge in [0.15, 0.2) is 0 Å². The van der Waals surface area contributed by atoms with Crippen LogP contribution in [0.2, 0.25) is 0 Å². The van der Waals surface area contributed by atoms with Crippen LogP contribution in [0.1, 0.15) is 34.1 Å². The molecule has 0 aliphatic carbocycles. The van der Waals surface area contributed by atoms with Gasteiger partial charge < -0.3 is 15.1 Å². The highest BCUT2D eigenvalue weighted by Crippen LogP contribution is 2.24. The molecule has 2 atom stereocenters. The quantitative estimate of drug-likeness (QED) is 0.661. The number of rotatable bonds is 1. The molecule has 3 heteroatoms. The number of piperidine rings is 1. The van der Waals surface area contributed by atoms with Crippen LogP contribution in [0.15, 0.2) is 0 Å². The van der Waals surface area contributed by atoms with Gasteiger partial charge in [0.05, 0.1) is 11.7 Å². The average molecular weight is 201 g/mol. The molecule has 3 nitrogen and oxygen atoms in total. The standard InChI is InChI=1S/C11H23NO2/c1-10(2,3)8-12-6-5-11(4,14)9(13)7-12/h9,13-14H,5-8H2,1-4H3/t9-,11+/m1/s1. The van der Waals surface area contributed by atoms with Gasteiger partial charge in [-0.2, -0.15) is 0 Å². The number of likely N-dealkylation sites (tertiary alicyclic amines) is 1. The highest BCUT2D eigenvalue weighted by atomic mass is 16.3. The molecule has 0 amide bonds. The SMILES string of the molecule is CC(C)(C)CN1CC[C@](C)(O)[C@H](O)C1. The smallest absolute Gasteiger partial charge is 0.0951 e. The second-order valence-corrected chi connectivity index (χ2v) is 5.92. The summed E-state index contributed by atoms with van der Waals surface area (Å²) < 4.78 is 0. The summed E-state index contributed by atoms with van der Waals surface area (Å²) in [5.41, 5.74) is -0.642. The van der Waals surface area contributed by atoms with Gasteiger partial charge in [-0.15, -0.1) is 0 Å². The van der Waals surface area contributed by atoms with Crippen molar-refractivity contribution in [1.82, 2.24) is 4.90 Å². The summed E-state index contributed by atoms with van der Waals surface area (Å²) in [7, 11) is 0. The Morgan fingerprint density at radius 2 is 2.00 bits per heavy atom. The van der Waals surface area contributed by atoms with E-state index in [1.165, 1.54) is 0 Å². The first-order valence-corrected chi connectivity index (χ1v) is 5.33. The van der Waals surface area contributed by atoms with Crippen LogP contribution < -0.4 is 0 Å². The van der Waals surface area contributed by atoms with Gasteiger partial charge in [0.25, 0.3) is 0 Å². The molecule has 84 valence electrons. The summed E-state index contributed by atoms with van der Waals surface area (Å²) in [5, 5.41) is 19.5. The maximum absolute atomic E-state index is 9.78. The van der Waals surface area contributed by atoms with E-state index < -0.39 is 11.7 Å². The molecule has 0 aromatic heterocycles. The third-order valence-electron chi connectivity index (χ3n) is 2.78. The lowest BCUT2D eigenvalue weighted by Crippen LogP contribution is -2.55. The first kappa shape index (κ1) is 12.0. The lowest BCUT2D eigenvalue weighted by molar-refractivity contribution is -0.110. The van der Waals surface area contributed by atoms with E-state index in [0.717, 1.165) is 13.1 Å². The van der Waals surface area contributed by atoms with Crippen LogP contribution in [-0.4, -0.2) is 46.5 Å². The summed E-state index contributed by atoms with van der Waals surface area (Å²) in [6.07, 6.45) is 0.0446. The van der Waals surface area contributed by atoms with Crippen LogP contribution in [0.25, 0.3) is 0 Å². The number of hydrogen-bond donors (Lipinski definition) is 2. The van der Waals surface area contributed by atoms with E-state index in [9.17, 15) is 10.2 Å². The summed E-state index contributed by atoms with van der Waals surface area (Å²) in [6, 6.07) is 0. The summed E-state index contributed by atoms with van der Waals surface area (Å²) in [6.45, 7) is 10.7. The number of nitrogens with zero attached hydrogens (tertiary/aromatic N) is 1. The van der Waals surface area contributed by atoms with Crippen molar-refractivity contribution < 1.29 is 10.2 Å². The fourth-order valence-corrected chi connectivity index (χ4v) is 1.90. The Bertz CT molecular complexity index is 196. The van der Waals surface area contributed by atoms with Crippen molar-refractivity contribution in [2.24, 2.45) is 5.41 Å². The maximum Gasteiger partial charge on any atom is 0.0951 e. The van der Waals surface area contributed by atoms with Gasteiger partial charge in [0, 0.05) is 19.6 Å². The minimum Gasteiger partial charge on any atom is -0.389 e.